The molecule has 0 aliphatic heterocycles. The summed E-state index contributed by atoms with van der Waals surface area (Å²) >= 11 is 0. The van der Waals surface area contributed by atoms with Gasteiger partial charge in [0.1, 0.15) is 5.82 Å². The number of nitrogens with one attached hydrogen (secondary N) is 1. The van der Waals surface area contributed by atoms with Crippen LogP contribution in [0, 0.1) is 5.82 Å². The molecule has 106 valence electrons. The standard InChI is InChI=1S/C17H21FN2/c1-4-17(15-7-5-6-8-16(15)18)19-13-9-11-14(12-10-13)20(2)3/h5-12,17,19H,4H2,1-3H3. The van der Waals surface area contributed by atoms with Gasteiger partial charge in [-0.15, -0.1) is 0 Å². The van der Waals surface area contributed by atoms with E-state index in [1.54, 1.807) is 6.07 Å². The van der Waals surface area contributed by atoms with Crippen LogP contribution in [-0.2, 0) is 0 Å². The molecule has 0 amide bonds. The van der Waals surface area contributed by atoms with Gasteiger partial charge in [-0.3, -0.25) is 0 Å². The summed E-state index contributed by atoms with van der Waals surface area (Å²) in [6.45, 7) is 2.05. The van der Waals surface area contributed by atoms with E-state index in [2.05, 4.69) is 29.3 Å². The Morgan fingerprint density at radius 2 is 1.70 bits per heavy atom. The highest BCUT2D eigenvalue weighted by atomic mass is 19.1. The van der Waals surface area contributed by atoms with Gasteiger partial charge in [-0.1, -0.05) is 25.1 Å². The van der Waals surface area contributed by atoms with E-state index in [0.717, 1.165) is 17.8 Å². The minimum absolute atomic E-state index is 0.0126. The van der Waals surface area contributed by atoms with Crippen LogP contribution in [0.4, 0.5) is 15.8 Å². The number of rotatable bonds is 5. The fraction of sp³-hybridized carbons (Fsp3) is 0.294. The maximum atomic E-state index is 13.9. The fourth-order valence-electron chi connectivity index (χ4n) is 2.21. The van der Waals surface area contributed by atoms with Crippen molar-refractivity contribution in [1.29, 1.82) is 0 Å². The zero-order valence-electron chi connectivity index (χ0n) is 12.2. The summed E-state index contributed by atoms with van der Waals surface area (Å²) in [7, 11) is 4.02. The number of nitrogens with zero attached hydrogens (tertiary/aromatic N) is 1. The molecule has 0 aliphatic rings. The van der Waals surface area contributed by atoms with Crippen LogP contribution in [0.1, 0.15) is 24.9 Å². The quantitative estimate of drug-likeness (QED) is 0.864. The molecule has 1 unspecified atom stereocenters. The Kier molecular flexibility index (Phi) is 4.61. The molecular formula is C17H21FN2. The van der Waals surface area contributed by atoms with Gasteiger partial charge in [0.25, 0.3) is 0 Å². The Morgan fingerprint density at radius 3 is 2.25 bits per heavy atom. The van der Waals surface area contributed by atoms with Crippen LogP contribution in [0.15, 0.2) is 48.5 Å². The first-order valence-electron chi connectivity index (χ1n) is 6.90. The third-order valence-electron chi connectivity index (χ3n) is 3.41. The lowest BCUT2D eigenvalue weighted by Gasteiger charge is -2.20. The third kappa shape index (κ3) is 3.29. The van der Waals surface area contributed by atoms with E-state index in [-0.39, 0.29) is 11.9 Å². The van der Waals surface area contributed by atoms with E-state index in [1.165, 1.54) is 6.07 Å². The smallest absolute Gasteiger partial charge is 0.128 e. The first kappa shape index (κ1) is 14.4. The number of hydrogen-bond donors (Lipinski definition) is 1. The van der Waals surface area contributed by atoms with Crippen LogP contribution < -0.4 is 10.2 Å². The zero-order chi connectivity index (χ0) is 14.5. The number of anilines is 2. The van der Waals surface area contributed by atoms with Gasteiger partial charge in [0.15, 0.2) is 0 Å². The van der Waals surface area contributed by atoms with Crippen LogP contribution in [0.25, 0.3) is 0 Å². The van der Waals surface area contributed by atoms with Crippen LogP contribution >= 0.6 is 0 Å². The first-order chi connectivity index (χ1) is 9.61. The second kappa shape index (κ2) is 6.42. The average molecular weight is 272 g/mol. The lowest BCUT2D eigenvalue weighted by molar-refractivity contribution is 0.587. The summed E-state index contributed by atoms with van der Waals surface area (Å²) in [6, 6.07) is 15.1. The third-order valence-corrected chi connectivity index (χ3v) is 3.41. The predicted molar refractivity (Wildman–Crippen MR) is 83.8 cm³/mol. The summed E-state index contributed by atoms with van der Waals surface area (Å²) in [5.41, 5.74) is 2.87. The van der Waals surface area contributed by atoms with E-state index >= 15 is 0 Å². The highest BCUT2D eigenvalue weighted by Gasteiger charge is 2.13. The average Bonchev–Trinajstić information content (AvgIpc) is 2.46. The molecular weight excluding hydrogens is 251 g/mol. The Morgan fingerprint density at radius 1 is 1.05 bits per heavy atom. The maximum Gasteiger partial charge on any atom is 0.128 e. The maximum absolute atomic E-state index is 13.9. The molecule has 0 fully saturated rings. The van der Waals surface area contributed by atoms with Crippen LogP contribution in [0.5, 0.6) is 0 Å². The molecule has 3 heteroatoms. The van der Waals surface area contributed by atoms with Gasteiger partial charge in [-0.25, -0.2) is 4.39 Å². The number of halogens is 1. The van der Waals surface area contributed by atoms with Gasteiger partial charge in [-0.2, -0.15) is 0 Å². The molecule has 2 aromatic rings. The van der Waals surface area contributed by atoms with Crippen LogP contribution in [-0.4, -0.2) is 14.1 Å². The Labute approximate surface area is 120 Å². The Balaban J connectivity index is 2.16. The summed E-state index contributed by atoms with van der Waals surface area (Å²) < 4.78 is 13.9. The highest BCUT2D eigenvalue weighted by Crippen LogP contribution is 2.25. The molecule has 1 atom stereocenters. The van der Waals surface area contributed by atoms with Gasteiger partial charge in [0, 0.05) is 31.0 Å². The largest absolute Gasteiger partial charge is 0.378 e. The van der Waals surface area contributed by atoms with E-state index in [1.807, 2.05) is 38.4 Å². The van der Waals surface area contributed by atoms with Crippen LogP contribution in [0.2, 0.25) is 0 Å². The molecule has 0 aromatic heterocycles. The highest BCUT2D eigenvalue weighted by molar-refractivity contribution is 5.55. The predicted octanol–water partition coefficient (Wildman–Crippen LogP) is 4.45. The SMILES string of the molecule is CCC(Nc1ccc(N(C)C)cc1)c1ccccc1F. The van der Waals surface area contributed by atoms with Crippen molar-refractivity contribution >= 4 is 11.4 Å². The van der Waals surface area contributed by atoms with E-state index in [9.17, 15) is 4.39 Å². The minimum atomic E-state index is -0.156. The molecule has 0 saturated carbocycles. The van der Waals surface area contributed by atoms with Crippen molar-refractivity contribution in [2.24, 2.45) is 0 Å². The van der Waals surface area contributed by atoms with Gasteiger partial charge in [0.05, 0.1) is 6.04 Å². The van der Waals surface area contributed by atoms with Crippen LogP contribution in [0.3, 0.4) is 0 Å². The lowest BCUT2D eigenvalue weighted by Crippen LogP contribution is -2.12. The second-order valence-corrected chi connectivity index (χ2v) is 5.07. The summed E-state index contributed by atoms with van der Waals surface area (Å²) in [5, 5.41) is 3.39. The fourth-order valence-corrected chi connectivity index (χ4v) is 2.21. The Hall–Kier alpha value is -2.03. The first-order valence-corrected chi connectivity index (χ1v) is 6.90. The molecule has 0 spiro atoms. The van der Waals surface area contributed by atoms with Crippen molar-refractivity contribution < 1.29 is 4.39 Å². The van der Waals surface area contributed by atoms with Crippen molar-refractivity contribution in [1.82, 2.24) is 0 Å². The molecule has 2 nitrogen and oxygen atoms in total. The molecule has 20 heavy (non-hydrogen) atoms. The van der Waals surface area contributed by atoms with Crippen molar-refractivity contribution in [3.05, 3.63) is 59.9 Å². The topological polar surface area (TPSA) is 15.3 Å². The van der Waals surface area contributed by atoms with E-state index in [0.29, 0.717) is 5.56 Å². The molecule has 0 saturated heterocycles. The monoisotopic (exact) mass is 272 g/mol. The summed E-state index contributed by atoms with van der Waals surface area (Å²) in [6.07, 6.45) is 0.830. The van der Waals surface area contributed by atoms with Gasteiger partial charge >= 0.3 is 0 Å². The van der Waals surface area contributed by atoms with E-state index < -0.39 is 0 Å². The molecule has 0 aliphatic carbocycles. The molecule has 1 N–H and O–H groups in total. The molecule has 0 bridgehead atoms. The summed E-state index contributed by atoms with van der Waals surface area (Å²) in [4.78, 5) is 2.05. The van der Waals surface area contributed by atoms with Gasteiger partial charge < -0.3 is 10.2 Å². The number of benzene rings is 2. The molecule has 2 aromatic carbocycles. The molecule has 0 radical (unpaired) electrons. The van der Waals surface area contributed by atoms with Crippen molar-refractivity contribution in [3.63, 3.8) is 0 Å². The van der Waals surface area contributed by atoms with Crippen molar-refractivity contribution in [3.8, 4) is 0 Å². The zero-order valence-corrected chi connectivity index (χ0v) is 12.2. The molecule has 2 rings (SSSR count). The van der Waals surface area contributed by atoms with Crippen molar-refractivity contribution in [2.75, 3.05) is 24.3 Å². The van der Waals surface area contributed by atoms with E-state index in [4.69, 9.17) is 0 Å². The van der Waals surface area contributed by atoms with Crippen molar-refractivity contribution in [2.45, 2.75) is 19.4 Å². The minimum Gasteiger partial charge on any atom is -0.378 e. The molecule has 0 heterocycles. The normalized spacial score (nSPS) is 12.0. The summed E-state index contributed by atoms with van der Waals surface area (Å²) in [5.74, 6) is -0.156. The number of hydrogen-bond acceptors (Lipinski definition) is 2. The Bertz CT molecular complexity index is 549. The second-order valence-electron chi connectivity index (χ2n) is 5.07. The van der Waals surface area contributed by atoms with Gasteiger partial charge in [-0.05, 0) is 36.8 Å². The lowest BCUT2D eigenvalue weighted by atomic mass is 10.0. The van der Waals surface area contributed by atoms with Gasteiger partial charge in [0.2, 0.25) is 0 Å².